The monoisotopic (exact) mass is 358 g/mol. The van der Waals surface area contributed by atoms with Crippen LogP contribution in [-0.2, 0) is 4.79 Å². The summed E-state index contributed by atoms with van der Waals surface area (Å²) in [6.45, 7) is 19.7. The van der Waals surface area contributed by atoms with Gasteiger partial charge in [-0.3, -0.25) is 4.79 Å². The molecule has 26 heavy (non-hydrogen) atoms. The van der Waals surface area contributed by atoms with Crippen LogP contribution in [0.5, 0.6) is 0 Å². The molecule has 0 aromatic heterocycles. The maximum absolute atomic E-state index is 12.2. The van der Waals surface area contributed by atoms with Crippen LogP contribution in [-0.4, -0.2) is 5.78 Å². The Morgan fingerprint density at radius 1 is 1.12 bits per heavy atom. The number of hydrogen-bond donors (Lipinski definition) is 0. The zero-order valence-corrected chi connectivity index (χ0v) is 18.5. The van der Waals surface area contributed by atoms with E-state index in [-0.39, 0.29) is 10.8 Å². The Balaban J connectivity index is 0.00000117. The standard InChI is InChI=1S/C23H36O.C2H6/c1-7-17-18(20-9-8-15(2)14-22(20,4)5)12-13-23(6)19(16(3)24)10-11-21(17)23;1-2/h17,19,21H,2,7-14H2,1,3-6H3;1-2H3/b20-18-;/t17?,19-,21?,23-;/m0./s1. The van der Waals surface area contributed by atoms with E-state index in [2.05, 4.69) is 34.3 Å². The van der Waals surface area contributed by atoms with Crippen LogP contribution in [0.25, 0.3) is 0 Å². The second kappa shape index (κ2) is 8.03. The molecule has 3 rings (SSSR count). The average Bonchev–Trinajstić information content (AvgIpc) is 2.92. The maximum atomic E-state index is 12.2. The molecule has 0 amide bonds. The van der Waals surface area contributed by atoms with Crippen molar-refractivity contribution in [2.75, 3.05) is 0 Å². The lowest BCUT2D eigenvalue weighted by Crippen LogP contribution is -2.41. The summed E-state index contributed by atoms with van der Waals surface area (Å²) in [6.07, 6.45) is 9.60. The minimum absolute atomic E-state index is 0.249. The molecular weight excluding hydrogens is 316 g/mol. The van der Waals surface area contributed by atoms with E-state index in [1.54, 1.807) is 11.1 Å². The highest BCUT2D eigenvalue weighted by atomic mass is 16.1. The van der Waals surface area contributed by atoms with E-state index in [1.165, 1.54) is 44.1 Å². The summed E-state index contributed by atoms with van der Waals surface area (Å²) in [5.74, 6) is 2.16. The number of allylic oxidation sites excluding steroid dienone is 3. The van der Waals surface area contributed by atoms with Crippen molar-refractivity contribution in [3.05, 3.63) is 23.3 Å². The summed E-state index contributed by atoms with van der Waals surface area (Å²) in [4.78, 5) is 12.2. The average molecular weight is 359 g/mol. The fraction of sp³-hybridized carbons (Fsp3) is 0.800. The van der Waals surface area contributed by atoms with Crippen molar-refractivity contribution in [3.63, 3.8) is 0 Å². The topological polar surface area (TPSA) is 17.1 Å². The Kier molecular flexibility index (Phi) is 6.62. The van der Waals surface area contributed by atoms with E-state index in [1.807, 2.05) is 20.8 Å². The van der Waals surface area contributed by atoms with Crippen LogP contribution in [0, 0.1) is 28.6 Å². The molecule has 0 aromatic rings. The van der Waals surface area contributed by atoms with Gasteiger partial charge in [0.1, 0.15) is 5.78 Å². The predicted molar refractivity (Wildman–Crippen MR) is 113 cm³/mol. The van der Waals surface area contributed by atoms with Gasteiger partial charge in [0, 0.05) is 5.92 Å². The number of Topliss-reactive ketones (excluding diaryl/α,β-unsaturated/α-hetero) is 1. The lowest BCUT2D eigenvalue weighted by molar-refractivity contribution is -0.125. The third-order valence-electron chi connectivity index (χ3n) is 7.83. The summed E-state index contributed by atoms with van der Waals surface area (Å²) in [6, 6.07) is 0. The fourth-order valence-electron chi connectivity index (χ4n) is 6.75. The van der Waals surface area contributed by atoms with Crippen LogP contribution >= 0.6 is 0 Å². The Bertz CT molecular complexity index is 579. The van der Waals surface area contributed by atoms with Crippen molar-refractivity contribution in [1.82, 2.24) is 0 Å². The molecule has 0 aliphatic heterocycles. The molecule has 0 heterocycles. The molecule has 0 radical (unpaired) electrons. The lowest BCUT2D eigenvalue weighted by Gasteiger charge is -2.48. The van der Waals surface area contributed by atoms with Gasteiger partial charge < -0.3 is 0 Å². The van der Waals surface area contributed by atoms with Gasteiger partial charge in [-0.25, -0.2) is 0 Å². The van der Waals surface area contributed by atoms with Crippen molar-refractivity contribution in [3.8, 4) is 0 Å². The number of fused-ring (bicyclic) bond motifs is 1. The first-order valence-corrected chi connectivity index (χ1v) is 11.1. The number of ketones is 1. The quantitative estimate of drug-likeness (QED) is 0.466. The molecule has 0 bridgehead atoms. The SMILES string of the molecule is C=C1CC/C(=C2\CC[C@]3(C)C(CC[C@H]3C(C)=O)C2CC)C(C)(C)C1.CC. The van der Waals surface area contributed by atoms with Gasteiger partial charge in [-0.1, -0.05) is 64.8 Å². The zero-order chi connectivity index (χ0) is 19.7. The van der Waals surface area contributed by atoms with Crippen molar-refractivity contribution >= 4 is 5.78 Å². The molecule has 2 unspecified atom stereocenters. The van der Waals surface area contributed by atoms with E-state index >= 15 is 0 Å². The summed E-state index contributed by atoms with van der Waals surface area (Å²) >= 11 is 0. The lowest BCUT2D eigenvalue weighted by atomic mass is 9.56. The molecule has 0 saturated heterocycles. The predicted octanol–water partition coefficient (Wildman–Crippen LogP) is 7.52. The zero-order valence-electron chi connectivity index (χ0n) is 18.5. The second-order valence-corrected chi connectivity index (χ2v) is 9.68. The van der Waals surface area contributed by atoms with Crippen molar-refractivity contribution in [2.45, 2.75) is 99.8 Å². The molecular formula is C25H42O. The van der Waals surface area contributed by atoms with Gasteiger partial charge in [0.25, 0.3) is 0 Å². The van der Waals surface area contributed by atoms with Gasteiger partial charge in [-0.15, -0.1) is 0 Å². The number of hydrogen-bond acceptors (Lipinski definition) is 1. The molecule has 1 heteroatoms. The van der Waals surface area contributed by atoms with Crippen molar-refractivity contribution in [1.29, 1.82) is 0 Å². The summed E-state index contributed by atoms with van der Waals surface area (Å²) in [5, 5.41) is 0. The minimum Gasteiger partial charge on any atom is -0.300 e. The highest BCUT2D eigenvalue weighted by Crippen LogP contribution is 2.61. The van der Waals surface area contributed by atoms with Crippen LogP contribution < -0.4 is 0 Å². The first-order valence-electron chi connectivity index (χ1n) is 11.1. The Morgan fingerprint density at radius 2 is 1.77 bits per heavy atom. The van der Waals surface area contributed by atoms with E-state index in [9.17, 15) is 4.79 Å². The molecule has 3 aliphatic rings. The molecule has 4 atom stereocenters. The van der Waals surface area contributed by atoms with Gasteiger partial charge in [-0.05, 0) is 81.0 Å². The third kappa shape index (κ3) is 3.60. The highest BCUT2D eigenvalue weighted by molar-refractivity contribution is 5.79. The molecule has 3 fully saturated rings. The van der Waals surface area contributed by atoms with Crippen LogP contribution in [0.2, 0.25) is 0 Å². The molecule has 0 aromatic carbocycles. The normalized spacial score (nSPS) is 39.0. The molecule has 3 saturated carbocycles. The van der Waals surface area contributed by atoms with Crippen LogP contribution in [0.1, 0.15) is 99.8 Å². The van der Waals surface area contributed by atoms with E-state index in [4.69, 9.17) is 0 Å². The second-order valence-electron chi connectivity index (χ2n) is 9.68. The van der Waals surface area contributed by atoms with Gasteiger partial charge >= 0.3 is 0 Å². The number of carbonyl (C=O) groups is 1. The Hall–Kier alpha value is -0.850. The third-order valence-corrected chi connectivity index (χ3v) is 7.83. The maximum Gasteiger partial charge on any atom is 0.133 e. The van der Waals surface area contributed by atoms with E-state index in [0.29, 0.717) is 23.5 Å². The van der Waals surface area contributed by atoms with Gasteiger partial charge in [-0.2, -0.15) is 0 Å². The first kappa shape index (κ1) is 21.5. The number of carbonyl (C=O) groups excluding carboxylic acids is 1. The first-order chi connectivity index (χ1) is 12.2. The molecule has 0 N–H and O–H groups in total. The molecule has 0 spiro atoms. The van der Waals surface area contributed by atoms with Gasteiger partial charge in [0.15, 0.2) is 0 Å². The van der Waals surface area contributed by atoms with E-state index < -0.39 is 0 Å². The van der Waals surface area contributed by atoms with Crippen LogP contribution in [0.3, 0.4) is 0 Å². The van der Waals surface area contributed by atoms with Gasteiger partial charge in [0.2, 0.25) is 0 Å². The van der Waals surface area contributed by atoms with Gasteiger partial charge in [0.05, 0.1) is 0 Å². The van der Waals surface area contributed by atoms with Crippen LogP contribution in [0.4, 0.5) is 0 Å². The van der Waals surface area contributed by atoms with Crippen LogP contribution in [0.15, 0.2) is 23.3 Å². The van der Waals surface area contributed by atoms with Crippen molar-refractivity contribution < 1.29 is 4.79 Å². The highest BCUT2D eigenvalue weighted by Gasteiger charge is 2.54. The van der Waals surface area contributed by atoms with Crippen molar-refractivity contribution in [2.24, 2.45) is 28.6 Å². The molecule has 3 aliphatic carbocycles. The number of rotatable bonds is 2. The Morgan fingerprint density at radius 3 is 2.31 bits per heavy atom. The van der Waals surface area contributed by atoms with E-state index in [0.717, 1.165) is 12.8 Å². The summed E-state index contributed by atoms with van der Waals surface area (Å²) in [7, 11) is 0. The largest absolute Gasteiger partial charge is 0.300 e. The summed E-state index contributed by atoms with van der Waals surface area (Å²) < 4.78 is 0. The smallest absolute Gasteiger partial charge is 0.133 e. The fourth-order valence-corrected chi connectivity index (χ4v) is 6.75. The molecule has 148 valence electrons. The summed E-state index contributed by atoms with van der Waals surface area (Å²) in [5.41, 5.74) is 5.48. The minimum atomic E-state index is 0.249. The molecule has 1 nitrogen and oxygen atoms in total. The Labute approximate surface area is 162 Å².